The Morgan fingerprint density at radius 3 is 2.35 bits per heavy atom. The minimum absolute atomic E-state index is 0.0808. The molecule has 2 heteroatoms. The molecule has 0 aliphatic rings. The van der Waals surface area contributed by atoms with E-state index in [2.05, 4.69) is 0 Å². The molecule has 2 aromatic carbocycles. The van der Waals surface area contributed by atoms with E-state index in [4.69, 9.17) is 4.74 Å². The average Bonchev–Trinajstić information content (AvgIpc) is 2.28. The van der Waals surface area contributed by atoms with E-state index in [1.807, 2.05) is 50.2 Å². The summed E-state index contributed by atoms with van der Waals surface area (Å²) in [6, 6.07) is 11.5. The lowest BCUT2D eigenvalue weighted by Gasteiger charge is -2.13. The largest absolute Gasteiger partial charge is 0.490 e. The van der Waals surface area contributed by atoms with Crippen molar-refractivity contribution in [3.63, 3.8) is 0 Å². The Bertz CT molecular complexity index is 556. The molecule has 0 atom stereocenters. The van der Waals surface area contributed by atoms with Gasteiger partial charge in [-0.15, -0.1) is 0 Å². The maximum atomic E-state index is 11.6. The number of hydrogen-bond acceptors (Lipinski definition) is 2. The predicted octanol–water partition coefficient (Wildman–Crippen LogP) is 3.83. The molecule has 0 aliphatic heterocycles. The molecular weight excluding hydrogens is 212 g/mol. The fourth-order valence-electron chi connectivity index (χ4n) is 1.94. The second-order valence-corrected chi connectivity index (χ2v) is 4.38. The number of carbonyl (C=O) groups excluding carboxylic acids is 1. The van der Waals surface area contributed by atoms with Gasteiger partial charge in [0, 0.05) is 10.9 Å². The third-order valence-electron chi connectivity index (χ3n) is 2.62. The molecule has 88 valence electrons. The number of carbonyl (C=O) groups is 1. The molecular formula is C15H16O2. The lowest BCUT2D eigenvalue weighted by atomic mass is 10.0. The van der Waals surface area contributed by atoms with Gasteiger partial charge in [0.1, 0.15) is 5.75 Å². The molecule has 0 spiro atoms. The number of hydrogen-bond donors (Lipinski definition) is 0. The quantitative estimate of drug-likeness (QED) is 0.746. The molecule has 0 aromatic heterocycles. The van der Waals surface area contributed by atoms with Crippen molar-refractivity contribution in [1.82, 2.24) is 0 Å². The molecule has 0 fully saturated rings. The van der Waals surface area contributed by atoms with Crippen molar-refractivity contribution < 1.29 is 9.53 Å². The van der Waals surface area contributed by atoms with Crippen LogP contribution < -0.4 is 4.74 Å². The summed E-state index contributed by atoms with van der Waals surface area (Å²) in [5, 5.41) is 1.95. The predicted molar refractivity (Wildman–Crippen MR) is 69.7 cm³/mol. The highest BCUT2D eigenvalue weighted by molar-refractivity contribution is 6.08. The number of Topliss-reactive ketones (excluding diaryl/α,β-unsaturated/α-hetero) is 1. The van der Waals surface area contributed by atoms with E-state index in [0.29, 0.717) is 0 Å². The maximum Gasteiger partial charge on any atom is 0.160 e. The molecule has 0 heterocycles. The van der Waals surface area contributed by atoms with Crippen molar-refractivity contribution in [1.29, 1.82) is 0 Å². The van der Waals surface area contributed by atoms with Gasteiger partial charge in [-0.3, -0.25) is 4.79 Å². The van der Waals surface area contributed by atoms with Crippen molar-refractivity contribution in [2.24, 2.45) is 0 Å². The smallest absolute Gasteiger partial charge is 0.160 e. The Balaban J connectivity index is 2.65. The highest BCUT2D eigenvalue weighted by atomic mass is 16.5. The zero-order chi connectivity index (χ0) is 12.4. The minimum atomic E-state index is 0.0808. The summed E-state index contributed by atoms with van der Waals surface area (Å²) in [7, 11) is 0. The first-order chi connectivity index (χ1) is 8.09. The number of ether oxygens (including phenoxy) is 1. The normalized spacial score (nSPS) is 10.8. The summed E-state index contributed by atoms with van der Waals surface area (Å²) in [6.07, 6.45) is 0.126. The van der Waals surface area contributed by atoms with Gasteiger partial charge >= 0.3 is 0 Å². The number of rotatable bonds is 3. The summed E-state index contributed by atoms with van der Waals surface area (Å²) in [5.74, 6) is 0.915. The molecule has 2 nitrogen and oxygen atoms in total. The van der Waals surface area contributed by atoms with Crippen LogP contribution >= 0.6 is 0 Å². The van der Waals surface area contributed by atoms with E-state index in [1.54, 1.807) is 6.92 Å². The third kappa shape index (κ3) is 2.31. The fourth-order valence-corrected chi connectivity index (χ4v) is 1.94. The van der Waals surface area contributed by atoms with E-state index >= 15 is 0 Å². The third-order valence-corrected chi connectivity index (χ3v) is 2.62. The van der Waals surface area contributed by atoms with Crippen LogP contribution in [0.2, 0.25) is 0 Å². The van der Waals surface area contributed by atoms with Gasteiger partial charge < -0.3 is 4.74 Å². The SMILES string of the molecule is CC(=O)c1cccc2c(OC(C)C)cccc12. The lowest BCUT2D eigenvalue weighted by molar-refractivity contribution is 0.101. The van der Waals surface area contributed by atoms with Crippen LogP contribution in [0.15, 0.2) is 36.4 Å². The van der Waals surface area contributed by atoms with Gasteiger partial charge in [0.2, 0.25) is 0 Å². The van der Waals surface area contributed by atoms with Gasteiger partial charge in [-0.05, 0) is 32.2 Å². The van der Waals surface area contributed by atoms with E-state index in [-0.39, 0.29) is 11.9 Å². The summed E-state index contributed by atoms with van der Waals surface area (Å²) in [6.45, 7) is 5.58. The van der Waals surface area contributed by atoms with Crippen LogP contribution in [-0.4, -0.2) is 11.9 Å². The maximum absolute atomic E-state index is 11.6. The number of ketones is 1. The van der Waals surface area contributed by atoms with Crippen molar-refractivity contribution >= 4 is 16.6 Å². The van der Waals surface area contributed by atoms with Crippen LogP contribution in [-0.2, 0) is 0 Å². The Morgan fingerprint density at radius 1 is 1.06 bits per heavy atom. The van der Waals surface area contributed by atoms with Crippen LogP contribution in [0.4, 0.5) is 0 Å². The van der Waals surface area contributed by atoms with Crippen LogP contribution in [0.5, 0.6) is 5.75 Å². The number of benzene rings is 2. The van der Waals surface area contributed by atoms with E-state index in [0.717, 1.165) is 22.1 Å². The molecule has 2 rings (SSSR count). The average molecular weight is 228 g/mol. The first-order valence-corrected chi connectivity index (χ1v) is 5.79. The molecule has 0 amide bonds. The minimum Gasteiger partial charge on any atom is -0.490 e. The summed E-state index contributed by atoms with van der Waals surface area (Å²) in [5.41, 5.74) is 0.747. The monoisotopic (exact) mass is 228 g/mol. The molecule has 17 heavy (non-hydrogen) atoms. The summed E-state index contributed by atoms with van der Waals surface area (Å²) in [4.78, 5) is 11.6. The van der Waals surface area contributed by atoms with Crippen molar-refractivity contribution in [3.8, 4) is 5.75 Å². The molecule has 0 N–H and O–H groups in total. The highest BCUT2D eigenvalue weighted by Gasteiger charge is 2.09. The first kappa shape index (κ1) is 11.6. The van der Waals surface area contributed by atoms with Crippen LogP contribution in [0.25, 0.3) is 10.8 Å². The van der Waals surface area contributed by atoms with Crippen molar-refractivity contribution in [3.05, 3.63) is 42.0 Å². The van der Waals surface area contributed by atoms with E-state index < -0.39 is 0 Å². The van der Waals surface area contributed by atoms with Gasteiger partial charge in [-0.2, -0.15) is 0 Å². The molecule has 0 aliphatic carbocycles. The van der Waals surface area contributed by atoms with Gasteiger partial charge in [-0.1, -0.05) is 30.3 Å². The zero-order valence-electron chi connectivity index (χ0n) is 10.4. The van der Waals surface area contributed by atoms with E-state index in [1.165, 1.54) is 0 Å². The van der Waals surface area contributed by atoms with Crippen LogP contribution in [0.1, 0.15) is 31.1 Å². The van der Waals surface area contributed by atoms with Gasteiger partial charge in [0.25, 0.3) is 0 Å². The molecule has 0 unspecified atom stereocenters. The Labute approximate surface area is 101 Å². The van der Waals surface area contributed by atoms with E-state index in [9.17, 15) is 4.79 Å². The standard InChI is InChI=1S/C15H16O2/c1-10(2)17-15-9-5-7-13-12(11(3)16)6-4-8-14(13)15/h4-10H,1-3H3. The van der Waals surface area contributed by atoms with Gasteiger partial charge in [-0.25, -0.2) is 0 Å². The van der Waals surface area contributed by atoms with Crippen molar-refractivity contribution in [2.45, 2.75) is 26.9 Å². The number of fused-ring (bicyclic) bond motifs is 1. The molecule has 0 radical (unpaired) electrons. The topological polar surface area (TPSA) is 26.3 Å². The van der Waals surface area contributed by atoms with Crippen LogP contribution in [0.3, 0.4) is 0 Å². The van der Waals surface area contributed by atoms with Crippen LogP contribution in [0, 0.1) is 0 Å². The second kappa shape index (κ2) is 4.58. The molecule has 0 saturated heterocycles. The lowest BCUT2D eigenvalue weighted by Crippen LogP contribution is -2.06. The highest BCUT2D eigenvalue weighted by Crippen LogP contribution is 2.28. The first-order valence-electron chi connectivity index (χ1n) is 5.79. The Morgan fingerprint density at radius 2 is 1.71 bits per heavy atom. The summed E-state index contributed by atoms with van der Waals surface area (Å²) >= 11 is 0. The second-order valence-electron chi connectivity index (χ2n) is 4.38. The zero-order valence-corrected chi connectivity index (χ0v) is 10.4. The van der Waals surface area contributed by atoms with Gasteiger partial charge in [0.05, 0.1) is 6.10 Å². The fraction of sp³-hybridized carbons (Fsp3) is 0.267. The molecule has 0 bridgehead atoms. The molecule has 2 aromatic rings. The van der Waals surface area contributed by atoms with Gasteiger partial charge in [0.15, 0.2) is 5.78 Å². The molecule has 0 saturated carbocycles. The van der Waals surface area contributed by atoms with Crippen molar-refractivity contribution in [2.75, 3.05) is 0 Å². The summed E-state index contributed by atoms with van der Waals surface area (Å²) < 4.78 is 5.75. The Kier molecular flexibility index (Phi) is 3.14. The Hall–Kier alpha value is -1.83.